The van der Waals surface area contributed by atoms with E-state index in [1.165, 1.54) is 0 Å². The highest BCUT2D eigenvalue weighted by Crippen LogP contribution is 2.22. The molecule has 0 aliphatic rings. The number of benzene rings is 1. The molecule has 0 aromatic heterocycles. The van der Waals surface area contributed by atoms with Gasteiger partial charge in [-0.25, -0.2) is 0 Å². The second-order valence-corrected chi connectivity index (χ2v) is 2.82. The maximum Gasteiger partial charge on any atom is 0.170 e. The van der Waals surface area contributed by atoms with Crippen LogP contribution in [0.5, 0.6) is 11.5 Å². The maximum atomic E-state index is 8.55. The zero-order chi connectivity index (χ0) is 11.3. The van der Waals surface area contributed by atoms with Gasteiger partial charge in [-0.2, -0.15) is 0 Å². The number of hydrogen-bond donors (Lipinski definition) is 2. The molecule has 0 saturated heterocycles. The summed E-state index contributed by atoms with van der Waals surface area (Å²) in [4.78, 5) is 0. The van der Waals surface area contributed by atoms with Crippen LogP contribution in [0.25, 0.3) is 0 Å². The number of amidine groups is 1. The van der Waals surface area contributed by atoms with Gasteiger partial charge in [0, 0.05) is 11.6 Å². The zero-order valence-electron chi connectivity index (χ0n) is 8.73. The Morgan fingerprint density at radius 3 is 2.60 bits per heavy atom. The van der Waals surface area contributed by atoms with E-state index >= 15 is 0 Å². The van der Waals surface area contributed by atoms with Crippen molar-refractivity contribution in [1.29, 1.82) is 0 Å². The Labute approximate surface area is 88.1 Å². The van der Waals surface area contributed by atoms with Crippen LogP contribution in [0.4, 0.5) is 0 Å². The zero-order valence-corrected chi connectivity index (χ0v) is 8.73. The molecule has 1 rings (SSSR count). The Morgan fingerprint density at radius 1 is 1.40 bits per heavy atom. The molecule has 1 aromatic carbocycles. The third-order valence-electron chi connectivity index (χ3n) is 1.83. The summed E-state index contributed by atoms with van der Waals surface area (Å²) in [5, 5.41) is 11.5. The molecule has 0 unspecified atom stereocenters. The van der Waals surface area contributed by atoms with Gasteiger partial charge in [0.25, 0.3) is 0 Å². The standard InChI is InChI=1S/C10H14N2O3/c1-3-15-9-5-7(10(11)12-13)4-8(6-9)14-2/h4-6,13H,3H2,1-2H3,(H2,11,12). The van der Waals surface area contributed by atoms with E-state index in [2.05, 4.69) is 5.16 Å². The summed E-state index contributed by atoms with van der Waals surface area (Å²) in [5.74, 6) is 1.25. The van der Waals surface area contributed by atoms with Crippen LogP contribution in [-0.2, 0) is 0 Å². The van der Waals surface area contributed by atoms with Gasteiger partial charge in [-0.3, -0.25) is 0 Å². The van der Waals surface area contributed by atoms with Crippen molar-refractivity contribution >= 4 is 5.84 Å². The van der Waals surface area contributed by atoms with Crippen molar-refractivity contribution in [2.75, 3.05) is 13.7 Å². The van der Waals surface area contributed by atoms with Gasteiger partial charge < -0.3 is 20.4 Å². The number of methoxy groups -OCH3 is 1. The molecule has 0 saturated carbocycles. The molecule has 0 aliphatic heterocycles. The molecule has 0 bridgehead atoms. The predicted molar refractivity (Wildman–Crippen MR) is 56.7 cm³/mol. The summed E-state index contributed by atoms with van der Waals surface area (Å²) in [5.41, 5.74) is 6.03. The van der Waals surface area contributed by atoms with Gasteiger partial charge in [-0.05, 0) is 19.1 Å². The number of oxime groups is 1. The van der Waals surface area contributed by atoms with Gasteiger partial charge in [0.2, 0.25) is 0 Å². The Hall–Kier alpha value is -1.91. The average molecular weight is 210 g/mol. The van der Waals surface area contributed by atoms with Gasteiger partial charge >= 0.3 is 0 Å². The number of hydrogen-bond acceptors (Lipinski definition) is 4. The highest BCUT2D eigenvalue weighted by atomic mass is 16.5. The Kier molecular flexibility index (Phi) is 3.79. The molecule has 1 aromatic rings. The normalized spacial score (nSPS) is 11.2. The first-order valence-electron chi connectivity index (χ1n) is 4.51. The molecule has 15 heavy (non-hydrogen) atoms. The Balaban J connectivity index is 3.11. The Morgan fingerprint density at radius 2 is 2.07 bits per heavy atom. The second-order valence-electron chi connectivity index (χ2n) is 2.82. The third-order valence-corrected chi connectivity index (χ3v) is 1.83. The van der Waals surface area contributed by atoms with Crippen molar-refractivity contribution in [1.82, 2.24) is 0 Å². The fourth-order valence-corrected chi connectivity index (χ4v) is 1.15. The van der Waals surface area contributed by atoms with Crippen molar-refractivity contribution in [2.24, 2.45) is 10.9 Å². The van der Waals surface area contributed by atoms with Crippen LogP contribution in [-0.4, -0.2) is 24.8 Å². The number of nitrogens with zero attached hydrogens (tertiary/aromatic N) is 1. The van der Waals surface area contributed by atoms with Gasteiger partial charge in [-0.15, -0.1) is 0 Å². The van der Waals surface area contributed by atoms with E-state index in [9.17, 15) is 0 Å². The van der Waals surface area contributed by atoms with Crippen LogP contribution >= 0.6 is 0 Å². The van der Waals surface area contributed by atoms with E-state index in [1.807, 2.05) is 6.92 Å². The minimum Gasteiger partial charge on any atom is -0.497 e. The molecule has 0 amide bonds. The molecule has 0 aliphatic carbocycles. The van der Waals surface area contributed by atoms with Crippen molar-refractivity contribution in [2.45, 2.75) is 6.92 Å². The van der Waals surface area contributed by atoms with Crippen molar-refractivity contribution in [3.63, 3.8) is 0 Å². The molecule has 0 fully saturated rings. The monoisotopic (exact) mass is 210 g/mol. The second kappa shape index (κ2) is 5.09. The van der Waals surface area contributed by atoms with Gasteiger partial charge in [0.05, 0.1) is 13.7 Å². The minimum absolute atomic E-state index is 0.0230. The first-order valence-corrected chi connectivity index (χ1v) is 4.51. The first-order chi connectivity index (χ1) is 7.21. The number of nitrogens with two attached hydrogens (primary N) is 1. The lowest BCUT2D eigenvalue weighted by Gasteiger charge is -2.08. The van der Waals surface area contributed by atoms with Crippen molar-refractivity contribution in [3.8, 4) is 11.5 Å². The lowest BCUT2D eigenvalue weighted by molar-refractivity contribution is 0.318. The molecule has 0 radical (unpaired) electrons. The molecule has 5 nitrogen and oxygen atoms in total. The maximum absolute atomic E-state index is 8.55. The third kappa shape index (κ3) is 2.77. The Bertz CT molecular complexity index is 364. The van der Waals surface area contributed by atoms with E-state index in [0.717, 1.165) is 0 Å². The summed E-state index contributed by atoms with van der Waals surface area (Å²) in [6.07, 6.45) is 0. The molecule has 3 N–H and O–H groups in total. The molecule has 0 atom stereocenters. The van der Waals surface area contributed by atoms with E-state index in [1.54, 1.807) is 25.3 Å². The van der Waals surface area contributed by atoms with Crippen LogP contribution in [0.1, 0.15) is 12.5 Å². The van der Waals surface area contributed by atoms with Gasteiger partial charge in [0.15, 0.2) is 5.84 Å². The molecular weight excluding hydrogens is 196 g/mol. The van der Waals surface area contributed by atoms with Gasteiger partial charge in [0.1, 0.15) is 11.5 Å². The molecule has 82 valence electrons. The number of rotatable bonds is 4. The van der Waals surface area contributed by atoms with Crippen molar-refractivity contribution < 1.29 is 14.7 Å². The fourth-order valence-electron chi connectivity index (χ4n) is 1.15. The highest BCUT2D eigenvalue weighted by molar-refractivity contribution is 5.97. The summed E-state index contributed by atoms with van der Waals surface area (Å²) in [6, 6.07) is 5.08. The lowest BCUT2D eigenvalue weighted by atomic mass is 10.2. The van der Waals surface area contributed by atoms with Crippen LogP contribution in [0.15, 0.2) is 23.4 Å². The lowest BCUT2D eigenvalue weighted by Crippen LogP contribution is -2.13. The summed E-state index contributed by atoms with van der Waals surface area (Å²) < 4.78 is 10.4. The van der Waals surface area contributed by atoms with Crippen LogP contribution < -0.4 is 15.2 Å². The SMILES string of the molecule is CCOc1cc(OC)cc(/C(N)=N/O)c1. The number of ether oxygens (including phenoxy) is 2. The van der Waals surface area contributed by atoms with E-state index in [4.69, 9.17) is 20.4 Å². The topological polar surface area (TPSA) is 77.1 Å². The highest BCUT2D eigenvalue weighted by Gasteiger charge is 2.05. The largest absolute Gasteiger partial charge is 0.497 e. The van der Waals surface area contributed by atoms with Gasteiger partial charge in [-0.1, -0.05) is 5.16 Å². The summed E-state index contributed by atoms with van der Waals surface area (Å²) >= 11 is 0. The van der Waals surface area contributed by atoms with E-state index in [0.29, 0.717) is 23.7 Å². The molecule has 5 heteroatoms. The molecule has 0 heterocycles. The van der Waals surface area contributed by atoms with E-state index in [-0.39, 0.29) is 5.84 Å². The smallest absolute Gasteiger partial charge is 0.170 e. The average Bonchev–Trinajstić information content (AvgIpc) is 2.28. The fraction of sp³-hybridized carbons (Fsp3) is 0.300. The minimum atomic E-state index is 0.0230. The first kappa shape index (κ1) is 11.2. The van der Waals surface area contributed by atoms with E-state index < -0.39 is 0 Å². The summed E-state index contributed by atoms with van der Waals surface area (Å²) in [7, 11) is 1.54. The summed E-state index contributed by atoms with van der Waals surface area (Å²) in [6.45, 7) is 2.42. The van der Waals surface area contributed by atoms with Crippen LogP contribution in [0.3, 0.4) is 0 Å². The van der Waals surface area contributed by atoms with Crippen molar-refractivity contribution in [3.05, 3.63) is 23.8 Å². The molecule has 0 spiro atoms. The molecular formula is C10H14N2O3. The predicted octanol–water partition coefficient (Wildman–Crippen LogP) is 1.19. The quantitative estimate of drug-likeness (QED) is 0.338. The van der Waals surface area contributed by atoms with Crippen LogP contribution in [0.2, 0.25) is 0 Å². The van der Waals surface area contributed by atoms with Crippen LogP contribution in [0, 0.1) is 0 Å².